The van der Waals surface area contributed by atoms with Crippen molar-refractivity contribution >= 4 is 45.2 Å². The third-order valence-electron chi connectivity index (χ3n) is 4.88. The van der Waals surface area contributed by atoms with Crippen molar-refractivity contribution in [2.24, 2.45) is 5.92 Å². The highest BCUT2D eigenvalue weighted by Crippen LogP contribution is 2.24. The van der Waals surface area contributed by atoms with E-state index in [9.17, 15) is 18.8 Å². The average Bonchev–Trinajstić information content (AvgIpc) is 2.74. The van der Waals surface area contributed by atoms with Gasteiger partial charge in [-0.1, -0.05) is 6.07 Å². The number of hydrogen-bond donors (Lipinski definition) is 2. The molecule has 176 valence electrons. The van der Waals surface area contributed by atoms with Gasteiger partial charge in [-0.15, -0.1) is 0 Å². The second kappa shape index (κ2) is 10.3. The summed E-state index contributed by atoms with van der Waals surface area (Å²) >= 11 is 3.20. The molecule has 0 unspecified atom stereocenters. The minimum atomic E-state index is -0.692. The highest BCUT2D eigenvalue weighted by Gasteiger charge is 2.31. The molecule has 0 aliphatic carbocycles. The number of nitrogens with zero attached hydrogens (tertiary/aromatic N) is 2. The molecular formula is C23H26BrFN4O4. The van der Waals surface area contributed by atoms with Crippen LogP contribution in [0.3, 0.4) is 0 Å². The minimum Gasteiger partial charge on any atom is -0.444 e. The first-order valence-electron chi connectivity index (χ1n) is 10.5. The maximum Gasteiger partial charge on any atom is 0.410 e. The second-order valence-electron chi connectivity index (χ2n) is 8.75. The third kappa shape index (κ3) is 6.98. The normalized spacial score (nSPS) is 16.2. The molecule has 3 rings (SSSR count). The van der Waals surface area contributed by atoms with E-state index >= 15 is 0 Å². The Morgan fingerprint density at radius 2 is 1.94 bits per heavy atom. The van der Waals surface area contributed by atoms with E-state index in [0.29, 0.717) is 24.0 Å². The van der Waals surface area contributed by atoms with Gasteiger partial charge in [-0.05, 0) is 79.9 Å². The highest BCUT2D eigenvalue weighted by atomic mass is 79.9. The first kappa shape index (κ1) is 24.6. The lowest BCUT2D eigenvalue weighted by Crippen LogP contribution is -2.45. The molecular weight excluding hydrogens is 495 g/mol. The second-order valence-corrected chi connectivity index (χ2v) is 9.56. The van der Waals surface area contributed by atoms with Crippen LogP contribution in [-0.2, 0) is 9.53 Å². The Morgan fingerprint density at radius 3 is 2.61 bits per heavy atom. The van der Waals surface area contributed by atoms with E-state index in [2.05, 4.69) is 31.5 Å². The van der Waals surface area contributed by atoms with Gasteiger partial charge in [0.05, 0.1) is 11.6 Å². The first-order valence-corrected chi connectivity index (χ1v) is 11.3. The summed E-state index contributed by atoms with van der Waals surface area (Å²) in [7, 11) is 0. The zero-order valence-corrected chi connectivity index (χ0v) is 20.2. The van der Waals surface area contributed by atoms with Crippen LogP contribution in [0.2, 0.25) is 0 Å². The molecule has 1 saturated heterocycles. The van der Waals surface area contributed by atoms with Crippen molar-refractivity contribution in [2.45, 2.75) is 39.2 Å². The lowest BCUT2D eigenvalue weighted by molar-refractivity contribution is -0.121. The Bertz CT molecular complexity index is 1060. The summed E-state index contributed by atoms with van der Waals surface area (Å²) in [6, 6.07) is 8.89. The number of rotatable bonds is 4. The minimum absolute atomic E-state index is 0.00651. The van der Waals surface area contributed by atoms with E-state index in [1.165, 1.54) is 23.1 Å². The van der Waals surface area contributed by atoms with Crippen molar-refractivity contribution in [3.63, 3.8) is 0 Å². The van der Waals surface area contributed by atoms with Gasteiger partial charge >= 0.3 is 6.09 Å². The van der Waals surface area contributed by atoms with Gasteiger partial charge in [-0.3, -0.25) is 9.59 Å². The van der Waals surface area contributed by atoms with Gasteiger partial charge in [0, 0.05) is 18.8 Å². The number of likely N-dealkylation sites (tertiary alicyclic amines) is 1. The van der Waals surface area contributed by atoms with Crippen LogP contribution in [-0.4, -0.2) is 46.5 Å². The number of hydrogen-bond acceptors (Lipinski definition) is 5. The van der Waals surface area contributed by atoms with Gasteiger partial charge in [0.2, 0.25) is 5.91 Å². The average molecular weight is 521 g/mol. The number of anilines is 2. The smallest absolute Gasteiger partial charge is 0.410 e. The Morgan fingerprint density at radius 1 is 1.18 bits per heavy atom. The van der Waals surface area contributed by atoms with Crippen LogP contribution in [0.25, 0.3) is 0 Å². The fourth-order valence-electron chi connectivity index (χ4n) is 3.34. The Labute approximate surface area is 200 Å². The van der Waals surface area contributed by atoms with E-state index in [4.69, 9.17) is 4.74 Å². The van der Waals surface area contributed by atoms with Gasteiger partial charge in [-0.25, -0.2) is 14.2 Å². The number of nitrogens with one attached hydrogen (secondary N) is 2. The number of aromatic nitrogens is 1. The molecule has 2 heterocycles. The largest absolute Gasteiger partial charge is 0.444 e. The van der Waals surface area contributed by atoms with Gasteiger partial charge in [0.15, 0.2) is 0 Å². The SMILES string of the molecule is CC(C)(C)OC(=O)N1CCC[C@H](C(=O)Nc2ccc(NC(=O)c3cccc(Br)n3)cc2F)C1. The molecule has 2 aromatic rings. The predicted molar refractivity (Wildman–Crippen MR) is 125 cm³/mol. The van der Waals surface area contributed by atoms with Crippen molar-refractivity contribution < 1.29 is 23.5 Å². The number of pyridine rings is 1. The monoisotopic (exact) mass is 520 g/mol. The summed E-state index contributed by atoms with van der Waals surface area (Å²) in [6.07, 6.45) is 0.765. The predicted octanol–water partition coefficient (Wildman–Crippen LogP) is 4.82. The van der Waals surface area contributed by atoms with Gasteiger partial charge in [0.1, 0.15) is 21.7 Å². The number of piperidine rings is 1. The lowest BCUT2D eigenvalue weighted by atomic mass is 9.97. The molecule has 1 aromatic heterocycles. The number of ether oxygens (including phenoxy) is 1. The fourth-order valence-corrected chi connectivity index (χ4v) is 3.69. The molecule has 10 heteroatoms. The number of amides is 3. The van der Waals surface area contributed by atoms with E-state index in [-0.39, 0.29) is 29.5 Å². The molecule has 0 bridgehead atoms. The van der Waals surface area contributed by atoms with Gasteiger partial charge in [-0.2, -0.15) is 0 Å². The molecule has 1 aromatic carbocycles. The van der Waals surface area contributed by atoms with Crippen LogP contribution >= 0.6 is 15.9 Å². The number of benzene rings is 1. The summed E-state index contributed by atoms with van der Waals surface area (Å²) in [5.41, 5.74) is -0.229. The highest BCUT2D eigenvalue weighted by molar-refractivity contribution is 9.10. The van der Waals surface area contributed by atoms with Gasteiger partial charge in [0.25, 0.3) is 5.91 Å². The first-order chi connectivity index (χ1) is 15.5. The number of halogens is 2. The topological polar surface area (TPSA) is 101 Å². The van der Waals surface area contributed by atoms with E-state index in [0.717, 1.165) is 6.07 Å². The molecule has 1 aliphatic rings. The molecule has 1 fully saturated rings. The standard InChI is InChI=1S/C23H26BrFN4O4/c1-23(2,3)33-22(32)29-11-5-6-14(13-29)20(30)28-17-10-9-15(12-16(17)25)26-21(31)18-7-4-8-19(24)27-18/h4,7-10,12,14H,5-6,11,13H2,1-3H3,(H,26,31)(H,28,30)/t14-/m0/s1. The maximum atomic E-state index is 14.6. The number of carbonyl (C=O) groups excluding carboxylic acids is 3. The Kier molecular flexibility index (Phi) is 7.68. The molecule has 2 N–H and O–H groups in total. The quantitative estimate of drug-likeness (QED) is 0.562. The van der Waals surface area contributed by atoms with Crippen molar-refractivity contribution in [1.29, 1.82) is 0 Å². The molecule has 1 aliphatic heterocycles. The molecule has 1 atom stereocenters. The summed E-state index contributed by atoms with van der Waals surface area (Å²) < 4.78 is 20.5. The fraction of sp³-hybridized carbons (Fsp3) is 0.391. The maximum absolute atomic E-state index is 14.6. The van der Waals surface area contributed by atoms with Crippen LogP contribution in [0.4, 0.5) is 20.6 Å². The molecule has 3 amide bonds. The molecule has 0 saturated carbocycles. The zero-order valence-electron chi connectivity index (χ0n) is 18.7. The molecule has 8 nitrogen and oxygen atoms in total. The summed E-state index contributed by atoms with van der Waals surface area (Å²) in [5, 5.41) is 5.16. The lowest BCUT2D eigenvalue weighted by Gasteiger charge is -2.33. The molecule has 0 spiro atoms. The summed E-state index contributed by atoms with van der Waals surface area (Å²) in [4.78, 5) is 42.9. The van der Waals surface area contributed by atoms with Crippen LogP contribution in [0.1, 0.15) is 44.1 Å². The van der Waals surface area contributed by atoms with E-state index < -0.39 is 29.3 Å². The Balaban J connectivity index is 1.60. The molecule has 0 radical (unpaired) electrons. The van der Waals surface area contributed by atoms with Crippen LogP contribution in [0.5, 0.6) is 0 Å². The third-order valence-corrected chi connectivity index (χ3v) is 5.32. The van der Waals surface area contributed by atoms with Crippen molar-refractivity contribution in [3.8, 4) is 0 Å². The summed E-state index contributed by atoms with van der Waals surface area (Å²) in [6.45, 7) is 6.06. The molecule has 33 heavy (non-hydrogen) atoms. The summed E-state index contributed by atoms with van der Waals surface area (Å²) in [5.74, 6) is -2.04. The van der Waals surface area contributed by atoms with Gasteiger partial charge < -0.3 is 20.3 Å². The number of carbonyl (C=O) groups is 3. The van der Waals surface area contributed by atoms with Crippen molar-refractivity contribution in [1.82, 2.24) is 9.88 Å². The van der Waals surface area contributed by atoms with Crippen LogP contribution in [0, 0.1) is 11.7 Å². The van der Waals surface area contributed by atoms with Crippen LogP contribution in [0.15, 0.2) is 41.0 Å². The van der Waals surface area contributed by atoms with Crippen molar-refractivity contribution in [2.75, 3.05) is 23.7 Å². The Hall–Kier alpha value is -3.01. The van der Waals surface area contributed by atoms with E-state index in [1.54, 1.807) is 32.9 Å². The van der Waals surface area contributed by atoms with Crippen molar-refractivity contribution in [3.05, 3.63) is 52.5 Å². The van der Waals surface area contributed by atoms with E-state index in [1.807, 2.05) is 0 Å². The van der Waals surface area contributed by atoms with Crippen LogP contribution < -0.4 is 10.6 Å². The zero-order chi connectivity index (χ0) is 24.2.